The van der Waals surface area contributed by atoms with Gasteiger partial charge in [0, 0.05) is 0 Å². The fourth-order valence-corrected chi connectivity index (χ4v) is 1.46. The summed E-state index contributed by atoms with van der Waals surface area (Å²) in [7, 11) is 0. The molecule has 0 radical (unpaired) electrons. The van der Waals surface area contributed by atoms with Gasteiger partial charge in [0.1, 0.15) is 0 Å². The first-order valence-corrected chi connectivity index (χ1v) is 4.00. The number of hydrogen-bond donors (Lipinski definition) is 2. The highest BCUT2D eigenvalue weighted by Gasteiger charge is 2.19. The van der Waals surface area contributed by atoms with Crippen LogP contribution in [0.4, 0.5) is 0 Å². The molecule has 0 saturated carbocycles. The highest BCUT2D eigenvalue weighted by Crippen LogP contribution is 2.26. The van der Waals surface area contributed by atoms with Gasteiger partial charge in [-0.1, -0.05) is 36.4 Å². The second-order valence-electron chi connectivity index (χ2n) is 3.01. The third kappa shape index (κ3) is 1.05. The van der Waals surface area contributed by atoms with E-state index in [1.807, 2.05) is 36.4 Å². The third-order valence-corrected chi connectivity index (χ3v) is 2.18. The lowest BCUT2D eigenvalue weighted by Crippen LogP contribution is -2.28. The van der Waals surface area contributed by atoms with Crippen molar-refractivity contribution in [1.82, 2.24) is 0 Å². The standard InChI is InChI=1S/C10H11NO/c11-9-6-5-7-3-1-2-4-8(7)10(9)12/h1-6,9-10,12H,11H2/t9-,10+/m0/s1. The molecule has 1 aromatic rings. The van der Waals surface area contributed by atoms with Crippen molar-refractivity contribution in [3.05, 3.63) is 41.5 Å². The van der Waals surface area contributed by atoms with Gasteiger partial charge in [0.2, 0.25) is 0 Å². The molecule has 1 aliphatic rings. The van der Waals surface area contributed by atoms with E-state index in [4.69, 9.17) is 5.73 Å². The topological polar surface area (TPSA) is 46.2 Å². The average Bonchev–Trinajstić information content (AvgIpc) is 2.12. The Labute approximate surface area is 71.3 Å². The van der Waals surface area contributed by atoms with Crippen molar-refractivity contribution in [3.63, 3.8) is 0 Å². The van der Waals surface area contributed by atoms with Gasteiger partial charge in [0.25, 0.3) is 0 Å². The normalized spacial score (nSPS) is 26.8. The van der Waals surface area contributed by atoms with Gasteiger partial charge < -0.3 is 10.8 Å². The number of rotatable bonds is 0. The zero-order valence-corrected chi connectivity index (χ0v) is 6.64. The maximum Gasteiger partial charge on any atom is 0.0982 e. The highest BCUT2D eigenvalue weighted by molar-refractivity contribution is 5.58. The van der Waals surface area contributed by atoms with Gasteiger partial charge in [0.15, 0.2) is 0 Å². The van der Waals surface area contributed by atoms with E-state index in [1.165, 1.54) is 0 Å². The molecule has 1 aromatic carbocycles. The minimum absolute atomic E-state index is 0.264. The summed E-state index contributed by atoms with van der Waals surface area (Å²) in [6.07, 6.45) is 3.23. The van der Waals surface area contributed by atoms with Crippen LogP contribution in [-0.4, -0.2) is 11.1 Å². The largest absolute Gasteiger partial charge is 0.386 e. The Morgan fingerprint density at radius 2 is 2.00 bits per heavy atom. The Kier molecular flexibility index (Phi) is 1.71. The average molecular weight is 161 g/mol. The molecule has 0 fully saturated rings. The van der Waals surface area contributed by atoms with Crippen molar-refractivity contribution in [3.8, 4) is 0 Å². The maximum atomic E-state index is 9.65. The number of nitrogens with two attached hydrogens (primary N) is 1. The summed E-state index contributed by atoms with van der Waals surface area (Å²) in [5, 5.41) is 9.65. The van der Waals surface area contributed by atoms with Crippen molar-refractivity contribution in [2.24, 2.45) is 5.73 Å². The van der Waals surface area contributed by atoms with Gasteiger partial charge >= 0.3 is 0 Å². The van der Waals surface area contributed by atoms with Gasteiger partial charge in [-0.2, -0.15) is 0 Å². The van der Waals surface area contributed by atoms with Gasteiger partial charge in [-0.3, -0.25) is 0 Å². The molecule has 0 unspecified atom stereocenters. The molecule has 0 heterocycles. The molecular weight excluding hydrogens is 150 g/mol. The van der Waals surface area contributed by atoms with E-state index in [1.54, 1.807) is 0 Å². The highest BCUT2D eigenvalue weighted by atomic mass is 16.3. The zero-order valence-electron chi connectivity index (χ0n) is 6.64. The molecule has 1 aliphatic carbocycles. The Morgan fingerprint density at radius 1 is 1.25 bits per heavy atom. The Morgan fingerprint density at radius 3 is 2.83 bits per heavy atom. The second kappa shape index (κ2) is 2.73. The molecule has 0 spiro atoms. The van der Waals surface area contributed by atoms with Gasteiger partial charge in [-0.25, -0.2) is 0 Å². The summed E-state index contributed by atoms with van der Waals surface area (Å²) in [5.74, 6) is 0. The van der Waals surface area contributed by atoms with E-state index in [0.29, 0.717) is 0 Å². The molecule has 3 N–H and O–H groups in total. The number of aliphatic hydroxyl groups excluding tert-OH is 1. The lowest BCUT2D eigenvalue weighted by Gasteiger charge is -2.22. The summed E-state index contributed by atoms with van der Waals surface area (Å²) in [5.41, 5.74) is 7.64. The molecule has 2 atom stereocenters. The molecule has 0 aliphatic heterocycles. The predicted octanol–water partition coefficient (Wildman–Crippen LogP) is 1.07. The lowest BCUT2D eigenvalue weighted by molar-refractivity contribution is 0.162. The molecule has 12 heavy (non-hydrogen) atoms. The van der Waals surface area contributed by atoms with E-state index in [9.17, 15) is 5.11 Å². The number of benzene rings is 1. The molecule has 2 heteroatoms. The van der Waals surface area contributed by atoms with Crippen LogP contribution >= 0.6 is 0 Å². The zero-order chi connectivity index (χ0) is 8.55. The minimum atomic E-state index is -0.550. The molecule has 0 saturated heterocycles. The molecular formula is C10H11NO. The van der Waals surface area contributed by atoms with Crippen LogP contribution in [0.25, 0.3) is 6.08 Å². The Hall–Kier alpha value is -1.12. The van der Waals surface area contributed by atoms with E-state index in [2.05, 4.69) is 0 Å². The fraction of sp³-hybridized carbons (Fsp3) is 0.200. The second-order valence-corrected chi connectivity index (χ2v) is 3.01. The smallest absolute Gasteiger partial charge is 0.0982 e. The van der Waals surface area contributed by atoms with E-state index < -0.39 is 6.10 Å². The van der Waals surface area contributed by atoms with Crippen LogP contribution in [-0.2, 0) is 0 Å². The SMILES string of the molecule is N[C@H]1C=Cc2ccccc2[C@H]1O. The van der Waals surface area contributed by atoms with Crippen LogP contribution in [0.3, 0.4) is 0 Å². The van der Waals surface area contributed by atoms with Crippen molar-refractivity contribution >= 4 is 6.08 Å². The van der Waals surface area contributed by atoms with Crippen LogP contribution in [0, 0.1) is 0 Å². The van der Waals surface area contributed by atoms with Crippen molar-refractivity contribution in [2.75, 3.05) is 0 Å². The minimum Gasteiger partial charge on any atom is -0.386 e. The monoisotopic (exact) mass is 161 g/mol. The van der Waals surface area contributed by atoms with Crippen molar-refractivity contribution in [2.45, 2.75) is 12.1 Å². The number of aliphatic hydroxyl groups is 1. The van der Waals surface area contributed by atoms with Crippen molar-refractivity contribution in [1.29, 1.82) is 0 Å². The molecule has 2 rings (SSSR count). The fourth-order valence-electron chi connectivity index (χ4n) is 1.46. The molecule has 0 amide bonds. The van der Waals surface area contributed by atoms with E-state index in [-0.39, 0.29) is 6.04 Å². The van der Waals surface area contributed by atoms with Crippen LogP contribution in [0.15, 0.2) is 30.3 Å². The summed E-state index contributed by atoms with van der Waals surface area (Å²) >= 11 is 0. The first kappa shape index (κ1) is 7.53. The van der Waals surface area contributed by atoms with Crippen LogP contribution in [0.5, 0.6) is 0 Å². The molecule has 2 nitrogen and oxygen atoms in total. The van der Waals surface area contributed by atoms with Crippen LogP contribution < -0.4 is 5.73 Å². The van der Waals surface area contributed by atoms with Gasteiger partial charge in [-0.15, -0.1) is 0 Å². The molecule has 0 bridgehead atoms. The summed E-state index contributed by atoms with van der Waals surface area (Å²) in [6.45, 7) is 0. The Bertz CT molecular complexity index is 319. The molecule has 0 aromatic heterocycles. The van der Waals surface area contributed by atoms with E-state index >= 15 is 0 Å². The van der Waals surface area contributed by atoms with Gasteiger partial charge in [0.05, 0.1) is 12.1 Å². The maximum absolute atomic E-state index is 9.65. The molecule has 62 valence electrons. The van der Waals surface area contributed by atoms with E-state index in [0.717, 1.165) is 11.1 Å². The lowest BCUT2D eigenvalue weighted by atomic mass is 9.92. The first-order chi connectivity index (χ1) is 5.79. The Balaban J connectivity index is 2.52. The van der Waals surface area contributed by atoms with Crippen LogP contribution in [0.2, 0.25) is 0 Å². The predicted molar refractivity (Wildman–Crippen MR) is 48.4 cm³/mol. The number of hydrogen-bond acceptors (Lipinski definition) is 2. The summed E-state index contributed by atoms with van der Waals surface area (Å²) in [4.78, 5) is 0. The summed E-state index contributed by atoms with van der Waals surface area (Å²) < 4.78 is 0. The third-order valence-electron chi connectivity index (χ3n) is 2.18. The number of fused-ring (bicyclic) bond motifs is 1. The van der Waals surface area contributed by atoms with Crippen molar-refractivity contribution < 1.29 is 5.11 Å². The van der Waals surface area contributed by atoms with Crippen LogP contribution in [0.1, 0.15) is 17.2 Å². The quantitative estimate of drug-likeness (QED) is 0.598. The first-order valence-electron chi connectivity index (χ1n) is 4.00. The van der Waals surface area contributed by atoms with Gasteiger partial charge in [-0.05, 0) is 11.1 Å². The summed E-state index contributed by atoms with van der Waals surface area (Å²) in [6, 6.07) is 7.48.